The van der Waals surface area contributed by atoms with Crippen LogP contribution in [0.25, 0.3) is 10.9 Å². The number of morpholine rings is 1. The molecule has 0 spiro atoms. The lowest BCUT2D eigenvalue weighted by atomic mass is 10.1. The number of sulfonamides is 1. The van der Waals surface area contributed by atoms with E-state index in [9.17, 15) is 13.2 Å². The summed E-state index contributed by atoms with van der Waals surface area (Å²) < 4.78 is 42.5. The maximum absolute atomic E-state index is 12.7. The van der Waals surface area contributed by atoms with Crippen molar-refractivity contribution in [1.82, 2.24) is 9.29 Å². The van der Waals surface area contributed by atoms with E-state index in [1.54, 1.807) is 25.3 Å². The van der Waals surface area contributed by atoms with Crippen LogP contribution in [-0.2, 0) is 26.1 Å². The Bertz CT molecular complexity index is 1240. The maximum Gasteiger partial charge on any atom is 0.338 e. The first-order chi connectivity index (χ1) is 15.4. The molecule has 0 bridgehead atoms. The third-order valence-electron chi connectivity index (χ3n) is 5.11. The Labute approximate surface area is 190 Å². The van der Waals surface area contributed by atoms with Gasteiger partial charge >= 0.3 is 5.97 Å². The van der Waals surface area contributed by atoms with Gasteiger partial charge < -0.3 is 14.2 Å². The van der Waals surface area contributed by atoms with Crippen molar-refractivity contribution in [1.29, 1.82) is 0 Å². The van der Waals surface area contributed by atoms with E-state index in [0.717, 1.165) is 5.39 Å². The van der Waals surface area contributed by atoms with Gasteiger partial charge in [0.25, 0.3) is 0 Å². The van der Waals surface area contributed by atoms with Gasteiger partial charge in [-0.25, -0.2) is 18.2 Å². The molecule has 2 aromatic carbocycles. The van der Waals surface area contributed by atoms with Gasteiger partial charge in [-0.2, -0.15) is 4.31 Å². The van der Waals surface area contributed by atoms with Crippen LogP contribution in [0.15, 0.2) is 53.4 Å². The van der Waals surface area contributed by atoms with Crippen molar-refractivity contribution in [2.75, 3.05) is 33.4 Å². The lowest BCUT2D eigenvalue weighted by molar-refractivity contribution is 0.0472. The predicted octanol–water partition coefficient (Wildman–Crippen LogP) is 3.27. The largest absolute Gasteiger partial charge is 0.497 e. The SMILES string of the molecule is COc1ccc2cc(COC(=O)c3ccc(S(=O)(=O)N4CCOCC4)cc3)c(Cl)nc2c1. The Kier molecular flexibility index (Phi) is 6.61. The molecular formula is C22H21ClN2O6S. The van der Waals surface area contributed by atoms with E-state index in [2.05, 4.69) is 4.98 Å². The number of nitrogens with zero attached hydrogens (tertiary/aromatic N) is 2. The maximum atomic E-state index is 12.7. The summed E-state index contributed by atoms with van der Waals surface area (Å²) in [7, 11) is -2.05. The number of hydrogen-bond acceptors (Lipinski definition) is 7. The average Bonchev–Trinajstić information content (AvgIpc) is 2.82. The Morgan fingerprint density at radius 2 is 1.84 bits per heavy atom. The monoisotopic (exact) mass is 476 g/mol. The Balaban J connectivity index is 1.44. The highest BCUT2D eigenvalue weighted by molar-refractivity contribution is 7.89. The van der Waals surface area contributed by atoms with E-state index in [1.165, 1.54) is 28.6 Å². The van der Waals surface area contributed by atoms with Gasteiger partial charge in [0.15, 0.2) is 0 Å². The fourth-order valence-electron chi connectivity index (χ4n) is 3.32. The number of ether oxygens (including phenoxy) is 3. The summed E-state index contributed by atoms with van der Waals surface area (Å²) in [6.07, 6.45) is 0. The molecule has 4 rings (SSSR count). The second-order valence-electron chi connectivity index (χ2n) is 7.11. The van der Waals surface area contributed by atoms with Crippen molar-refractivity contribution in [3.63, 3.8) is 0 Å². The lowest BCUT2D eigenvalue weighted by Crippen LogP contribution is -2.40. The van der Waals surface area contributed by atoms with Crippen LogP contribution in [0.2, 0.25) is 5.15 Å². The van der Waals surface area contributed by atoms with Gasteiger partial charge in [-0.05, 0) is 42.5 Å². The van der Waals surface area contributed by atoms with Gasteiger partial charge in [0, 0.05) is 30.1 Å². The number of benzene rings is 2. The highest BCUT2D eigenvalue weighted by Crippen LogP contribution is 2.25. The number of esters is 1. The normalized spacial score (nSPS) is 14.9. The Morgan fingerprint density at radius 3 is 2.53 bits per heavy atom. The number of rotatable bonds is 6. The molecule has 0 radical (unpaired) electrons. The van der Waals surface area contributed by atoms with E-state index >= 15 is 0 Å². The summed E-state index contributed by atoms with van der Waals surface area (Å²) in [4.78, 5) is 16.9. The standard InChI is InChI=1S/C22H21ClN2O6S/c1-29-18-5-2-16-12-17(21(23)24-20(16)13-18)14-31-22(26)15-3-6-19(7-4-15)32(27,28)25-8-10-30-11-9-25/h2-7,12-13H,8-11,14H2,1H3. The minimum absolute atomic E-state index is 0.0690. The van der Waals surface area contributed by atoms with Gasteiger partial charge in [0.2, 0.25) is 10.0 Å². The van der Waals surface area contributed by atoms with Crippen LogP contribution in [0, 0.1) is 0 Å². The van der Waals surface area contributed by atoms with E-state index in [4.69, 9.17) is 25.8 Å². The van der Waals surface area contributed by atoms with Crippen molar-refractivity contribution < 1.29 is 27.4 Å². The third-order valence-corrected chi connectivity index (χ3v) is 7.35. The first-order valence-electron chi connectivity index (χ1n) is 9.87. The minimum atomic E-state index is -3.62. The molecular weight excluding hydrogens is 456 g/mol. The van der Waals surface area contributed by atoms with Crippen LogP contribution in [0.1, 0.15) is 15.9 Å². The second kappa shape index (κ2) is 9.41. The van der Waals surface area contributed by atoms with Gasteiger partial charge in [-0.15, -0.1) is 0 Å². The molecule has 0 saturated carbocycles. The molecule has 1 aromatic heterocycles. The summed E-state index contributed by atoms with van der Waals surface area (Å²) >= 11 is 6.25. The quantitative estimate of drug-likeness (QED) is 0.398. The van der Waals surface area contributed by atoms with Crippen LogP contribution >= 0.6 is 11.6 Å². The van der Waals surface area contributed by atoms with Crippen LogP contribution in [0.4, 0.5) is 0 Å². The highest BCUT2D eigenvalue weighted by Gasteiger charge is 2.26. The van der Waals surface area contributed by atoms with Gasteiger partial charge in [0.1, 0.15) is 17.5 Å². The molecule has 1 aliphatic heterocycles. The number of aromatic nitrogens is 1. The summed E-state index contributed by atoms with van der Waals surface area (Å²) in [5, 5.41) is 1.06. The Morgan fingerprint density at radius 1 is 1.12 bits per heavy atom. The lowest BCUT2D eigenvalue weighted by Gasteiger charge is -2.26. The molecule has 32 heavy (non-hydrogen) atoms. The van der Waals surface area contributed by atoms with Crippen LogP contribution in [0.5, 0.6) is 5.75 Å². The molecule has 1 aliphatic rings. The molecule has 0 amide bonds. The van der Waals surface area contributed by atoms with Gasteiger partial charge in [-0.3, -0.25) is 0 Å². The van der Waals surface area contributed by atoms with Crippen molar-refractivity contribution in [3.05, 3.63) is 64.8 Å². The first kappa shape index (κ1) is 22.5. The molecule has 8 nitrogen and oxygen atoms in total. The van der Waals surface area contributed by atoms with E-state index in [0.29, 0.717) is 43.1 Å². The van der Waals surface area contributed by atoms with Crippen LogP contribution in [-0.4, -0.2) is 57.1 Å². The van der Waals surface area contributed by atoms with E-state index in [-0.39, 0.29) is 22.2 Å². The number of carbonyl (C=O) groups is 1. The molecule has 3 aromatic rings. The van der Waals surface area contributed by atoms with Gasteiger partial charge in [-0.1, -0.05) is 11.6 Å². The zero-order valence-electron chi connectivity index (χ0n) is 17.3. The van der Waals surface area contributed by atoms with Crippen LogP contribution < -0.4 is 4.74 Å². The smallest absolute Gasteiger partial charge is 0.338 e. The number of carbonyl (C=O) groups excluding carboxylic acids is 1. The predicted molar refractivity (Wildman–Crippen MR) is 118 cm³/mol. The summed E-state index contributed by atoms with van der Waals surface area (Å²) in [6.45, 7) is 1.27. The fraction of sp³-hybridized carbons (Fsp3) is 0.273. The van der Waals surface area contributed by atoms with Crippen LogP contribution in [0.3, 0.4) is 0 Å². The van der Waals surface area contributed by atoms with E-state index < -0.39 is 16.0 Å². The third kappa shape index (κ3) is 4.71. The van der Waals surface area contributed by atoms with Crippen molar-refractivity contribution >= 4 is 38.5 Å². The number of methoxy groups -OCH3 is 1. The van der Waals surface area contributed by atoms with Gasteiger partial charge in [0.05, 0.1) is 36.3 Å². The molecule has 1 saturated heterocycles. The molecule has 2 heterocycles. The summed E-state index contributed by atoms with van der Waals surface area (Å²) in [5.41, 5.74) is 1.46. The number of hydrogen-bond donors (Lipinski definition) is 0. The highest BCUT2D eigenvalue weighted by atomic mass is 35.5. The molecule has 0 aliphatic carbocycles. The topological polar surface area (TPSA) is 95.0 Å². The van der Waals surface area contributed by atoms with Crippen molar-refractivity contribution in [2.24, 2.45) is 0 Å². The zero-order chi connectivity index (χ0) is 22.7. The molecule has 0 N–H and O–H groups in total. The summed E-state index contributed by atoms with van der Waals surface area (Å²) in [6, 6.07) is 12.9. The van der Waals surface area contributed by atoms with Crippen molar-refractivity contribution in [2.45, 2.75) is 11.5 Å². The average molecular weight is 477 g/mol. The second-order valence-corrected chi connectivity index (χ2v) is 9.41. The molecule has 0 unspecified atom stereocenters. The summed E-state index contributed by atoms with van der Waals surface area (Å²) in [5.74, 6) is 0.0746. The van der Waals surface area contributed by atoms with E-state index in [1.807, 2.05) is 6.07 Å². The zero-order valence-corrected chi connectivity index (χ0v) is 18.9. The first-order valence-corrected chi connectivity index (χ1v) is 11.7. The number of fused-ring (bicyclic) bond motifs is 1. The van der Waals surface area contributed by atoms with Crippen molar-refractivity contribution in [3.8, 4) is 5.75 Å². The molecule has 168 valence electrons. The molecule has 10 heteroatoms. The fourth-order valence-corrected chi connectivity index (χ4v) is 4.93. The molecule has 1 fully saturated rings. The molecule has 0 atom stereocenters. The Hall–Kier alpha value is -2.72. The number of pyridine rings is 1. The number of halogens is 1. The minimum Gasteiger partial charge on any atom is -0.497 e.